The number of carbonyl (C=O) groups is 2. The molecule has 1 aliphatic heterocycles. The SMILES string of the molecule is C=CC(=O)NC1CCN(c2cnc(Oc3ccc(Oc4ccccc4)cc3)c(C(=O)O)c2)CC1. The number of carboxylic acids is 1. The van der Waals surface area contributed by atoms with Crippen LogP contribution < -0.4 is 19.7 Å². The average Bonchev–Trinajstić information content (AvgIpc) is 2.86. The van der Waals surface area contributed by atoms with Gasteiger partial charge in [-0.25, -0.2) is 9.78 Å². The van der Waals surface area contributed by atoms with E-state index >= 15 is 0 Å². The van der Waals surface area contributed by atoms with E-state index in [2.05, 4.69) is 21.8 Å². The number of aromatic nitrogens is 1. The number of aromatic carboxylic acids is 1. The van der Waals surface area contributed by atoms with Crippen molar-refractivity contribution >= 4 is 17.6 Å². The molecule has 2 N–H and O–H groups in total. The maximum atomic E-state index is 11.9. The van der Waals surface area contributed by atoms with Gasteiger partial charge >= 0.3 is 5.97 Å². The number of hydrogen-bond donors (Lipinski definition) is 2. The zero-order chi connectivity index (χ0) is 23.9. The molecule has 1 fully saturated rings. The van der Waals surface area contributed by atoms with Gasteiger partial charge in [-0.05, 0) is 61.4 Å². The fourth-order valence-electron chi connectivity index (χ4n) is 3.70. The van der Waals surface area contributed by atoms with Crippen LogP contribution >= 0.6 is 0 Å². The molecule has 174 valence electrons. The van der Waals surface area contributed by atoms with Gasteiger partial charge < -0.3 is 24.8 Å². The van der Waals surface area contributed by atoms with E-state index in [1.54, 1.807) is 36.5 Å². The number of carbonyl (C=O) groups excluding carboxylic acids is 1. The number of rotatable bonds is 8. The van der Waals surface area contributed by atoms with E-state index in [-0.39, 0.29) is 23.4 Å². The average molecular weight is 460 g/mol. The Labute approximate surface area is 197 Å². The molecule has 3 aromatic rings. The Bertz CT molecular complexity index is 1160. The molecule has 34 heavy (non-hydrogen) atoms. The molecule has 8 heteroatoms. The van der Waals surface area contributed by atoms with Crippen LogP contribution in [0.2, 0.25) is 0 Å². The lowest BCUT2D eigenvalue weighted by Gasteiger charge is -2.33. The maximum absolute atomic E-state index is 11.9. The number of carboxylic acid groups (broad SMARTS) is 1. The normalized spacial score (nSPS) is 13.7. The number of ether oxygens (including phenoxy) is 2. The first-order chi connectivity index (χ1) is 16.5. The van der Waals surface area contributed by atoms with Gasteiger partial charge in [-0.15, -0.1) is 0 Å². The minimum absolute atomic E-state index is 0.0149. The zero-order valence-electron chi connectivity index (χ0n) is 18.5. The molecule has 0 radical (unpaired) electrons. The molecule has 2 aromatic carbocycles. The summed E-state index contributed by atoms with van der Waals surface area (Å²) in [6.45, 7) is 4.81. The van der Waals surface area contributed by atoms with Gasteiger partial charge in [0.15, 0.2) is 0 Å². The minimum atomic E-state index is -1.12. The second-order valence-corrected chi connectivity index (χ2v) is 7.81. The molecule has 4 rings (SSSR count). The van der Waals surface area contributed by atoms with Crippen molar-refractivity contribution in [3.05, 3.63) is 85.1 Å². The molecule has 0 unspecified atom stereocenters. The van der Waals surface area contributed by atoms with Crippen LogP contribution in [-0.4, -0.2) is 41.1 Å². The van der Waals surface area contributed by atoms with Crippen LogP contribution in [0.25, 0.3) is 0 Å². The molecule has 1 saturated heterocycles. The van der Waals surface area contributed by atoms with Gasteiger partial charge in [-0.1, -0.05) is 24.8 Å². The molecule has 8 nitrogen and oxygen atoms in total. The first kappa shape index (κ1) is 22.8. The summed E-state index contributed by atoms with van der Waals surface area (Å²) < 4.78 is 11.5. The van der Waals surface area contributed by atoms with E-state index in [1.165, 1.54) is 6.08 Å². The first-order valence-electron chi connectivity index (χ1n) is 10.9. The summed E-state index contributed by atoms with van der Waals surface area (Å²) in [6, 6.07) is 17.9. The predicted molar refractivity (Wildman–Crippen MR) is 128 cm³/mol. The number of nitrogens with zero attached hydrogens (tertiary/aromatic N) is 2. The fourth-order valence-corrected chi connectivity index (χ4v) is 3.70. The number of benzene rings is 2. The molecule has 1 aromatic heterocycles. The summed E-state index contributed by atoms with van der Waals surface area (Å²) in [5.74, 6) is 0.501. The molecule has 1 amide bonds. The van der Waals surface area contributed by atoms with Crippen LogP contribution in [0.5, 0.6) is 23.1 Å². The summed E-state index contributed by atoms with van der Waals surface area (Å²) in [5, 5.41) is 12.6. The molecule has 0 spiro atoms. The number of nitrogens with one attached hydrogen (secondary N) is 1. The second kappa shape index (κ2) is 10.5. The number of pyridine rings is 1. The minimum Gasteiger partial charge on any atom is -0.477 e. The highest BCUT2D eigenvalue weighted by Gasteiger charge is 2.23. The van der Waals surface area contributed by atoms with Gasteiger partial charge in [0.1, 0.15) is 22.8 Å². The topological polar surface area (TPSA) is 101 Å². The van der Waals surface area contributed by atoms with Gasteiger partial charge in [-0.2, -0.15) is 0 Å². The lowest BCUT2D eigenvalue weighted by Crippen LogP contribution is -2.44. The van der Waals surface area contributed by atoms with Crippen molar-refractivity contribution in [2.45, 2.75) is 18.9 Å². The Hall–Kier alpha value is -4.33. The third kappa shape index (κ3) is 5.72. The van der Waals surface area contributed by atoms with Gasteiger partial charge in [0.2, 0.25) is 11.8 Å². The van der Waals surface area contributed by atoms with E-state index < -0.39 is 5.97 Å². The molecular weight excluding hydrogens is 434 g/mol. The number of piperidine rings is 1. The Morgan fingerprint density at radius 2 is 1.62 bits per heavy atom. The smallest absolute Gasteiger partial charge is 0.341 e. The summed E-state index contributed by atoms with van der Waals surface area (Å²) in [5.41, 5.74) is 0.675. The van der Waals surface area contributed by atoms with E-state index in [9.17, 15) is 14.7 Å². The molecule has 0 bridgehead atoms. The van der Waals surface area contributed by atoms with E-state index in [4.69, 9.17) is 9.47 Å². The number of hydrogen-bond acceptors (Lipinski definition) is 6. The quantitative estimate of drug-likeness (QED) is 0.474. The molecule has 1 aliphatic rings. The highest BCUT2D eigenvalue weighted by Crippen LogP contribution is 2.30. The van der Waals surface area contributed by atoms with Crippen LogP contribution in [-0.2, 0) is 4.79 Å². The van der Waals surface area contributed by atoms with Crippen molar-refractivity contribution in [2.75, 3.05) is 18.0 Å². The summed E-state index contributed by atoms with van der Waals surface area (Å²) in [4.78, 5) is 29.7. The standard InChI is InChI=1S/C26H25N3O5/c1-2-24(30)28-18-12-14-29(15-13-18)19-16-23(26(31)32)25(27-17-19)34-22-10-8-21(9-11-22)33-20-6-4-3-5-7-20/h2-11,16-18H,1,12-15H2,(H,28,30)(H,31,32). The maximum Gasteiger partial charge on any atom is 0.341 e. The molecule has 0 atom stereocenters. The third-order valence-corrected chi connectivity index (χ3v) is 5.48. The molecule has 0 aliphatic carbocycles. The van der Waals surface area contributed by atoms with E-state index in [0.717, 1.165) is 12.8 Å². The molecule has 2 heterocycles. The monoisotopic (exact) mass is 459 g/mol. The van der Waals surface area contributed by atoms with Crippen LogP contribution in [0.1, 0.15) is 23.2 Å². The first-order valence-corrected chi connectivity index (χ1v) is 10.9. The summed E-state index contributed by atoms with van der Waals surface area (Å²) in [6.07, 6.45) is 4.37. The lowest BCUT2D eigenvalue weighted by atomic mass is 10.0. The van der Waals surface area contributed by atoms with Crippen molar-refractivity contribution < 1.29 is 24.2 Å². The number of para-hydroxylation sites is 1. The predicted octanol–water partition coefficient (Wildman–Crippen LogP) is 4.64. The molecule has 0 saturated carbocycles. The van der Waals surface area contributed by atoms with Crippen molar-refractivity contribution in [3.8, 4) is 23.1 Å². The van der Waals surface area contributed by atoms with Gasteiger partial charge in [0.05, 0.1) is 11.9 Å². The molecular formula is C26H25N3O5. The Balaban J connectivity index is 1.42. The lowest BCUT2D eigenvalue weighted by molar-refractivity contribution is -0.117. The van der Waals surface area contributed by atoms with Crippen LogP contribution in [0.4, 0.5) is 5.69 Å². The van der Waals surface area contributed by atoms with Gasteiger partial charge in [0.25, 0.3) is 0 Å². The second-order valence-electron chi connectivity index (χ2n) is 7.81. The largest absolute Gasteiger partial charge is 0.477 e. The number of anilines is 1. The van der Waals surface area contributed by atoms with Crippen LogP contribution in [0.15, 0.2) is 79.5 Å². The highest BCUT2D eigenvalue weighted by molar-refractivity contribution is 5.91. The van der Waals surface area contributed by atoms with Crippen molar-refractivity contribution in [3.63, 3.8) is 0 Å². The van der Waals surface area contributed by atoms with Crippen LogP contribution in [0, 0.1) is 0 Å². The Morgan fingerprint density at radius 1 is 1.00 bits per heavy atom. The van der Waals surface area contributed by atoms with Gasteiger partial charge in [0, 0.05) is 19.1 Å². The third-order valence-electron chi connectivity index (χ3n) is 5.48. The Kier molecular flexibility index (Phi) is 7.07. The fraction of sp³-hybridized carbons (Fsp3) is 0.192. The highest BCUT2D eigenvalue weighted by atomic mass is 16.5. The van der Waals surface area contributed by atoms with E-state index in [1.807, 2.05) is 30.3 Å². The summed E-state index contributed by atoms with van der Waals surface area (Å²) in [7, 11) is 0. The zero-order valence-corrected chi connectivity index (χ0v) is 18.5. The van der Waals surface area contributed by atoms with Crippen molar-refractivity contribution in [1.82, 2.24) is 10.3 Å². The van der Waals surface area contributed by atoms with Crippen LogP contribution in [0.3, 0.4) is 0 Å². The van der Waals surface area contributed by atoms with E-state index in [0.29, 0.717) is 36.0 Å². The van der Waals surface area contributed by atoms with Gasteiger partial charge in [-0.3, -0.25) is 4.79 Å². The van der Waals surface area contributed by atoms with Crippen molar-refractivity contribution in [1.29, 1.82) is 0 Å². The number of amides is 1. The summed E-state index contributed by atoms with van der Waals surface area (Å²) >= 11 is 0. The Morgan fingerprint density at radius 3 is 2.24 bits per heavy atom. The van der Waals surface area contributed by atoms with Crippen molar-refractivity contribution in [2.24, 2.45) is 0 Å².